The number of primary amides is 2. The van der Waals surface area contributed by atoms with Crippen molar-refractivity contribution in [2.24, 2.45) is 21.7 Å². The predicted octanol–water partition coefficient (Wildman–Crippen LogP) is -3.17. The van der Waals surface area contributed by atoms with Gasteiger partial charge in [-0.15, -0.1) is 0 Å². The SMILES string of the molecule is NC(=O)c1cccnc1.NC(=O)c1cccnc1.NS(=O)(=O)c1ccc(C(=O)[O-])cc1.NS(=O)(=O)c1ccc(C(=O)[O-])cc1.[Cu+2].[OH3+]. The Balaban J connectivity index is 0. The van der Waals surface area contributed by atoms with Gasteiger partial charge < -0.3 is 36.7 Å². The van der Waals surface area contributed by atoms with Crippen LogP contribution < -0.4 is 32.0 Å². The fourth-order valence-corrected chi connectivity index (χ4v) is 3.61. The van der Waals surface area contributed by atoms with Crippen molar-refractivity contribution in [1.82, 2.24) is 9.97 Å². The van der Waals surface area contributed by atoms with Crippen molar-refractivity contribution in [3.63, 3.8) is 0 Å². The number of hydrogen-bond donors (Lipinski definition) is 4. The van der Waals surface area contributed by atoms with Crippen LogP contribution in [0.2, 0.25) is 0 Å². The first-order valence-electron chi connectivity index (χ1n) is 11.5. The number of primary sulfonamides is 2. The smallest absolute Gasteiger partial charge is 0.545 e. The summed E-state index contributed by atoms with van der Waals surface area (Å²) in [5.74, 6) is -3.60. The predicted molar refractivity (Wildman–Crippen MR) is 155 cm³/mol. The first-order chi connectivity index (χ1) is 20.4. The van der Waals surface area contributed by atoms with Gasteiger partial charge in [0, 0.05) is 24.8 Å². The number of aromatic carboxylic acids is 2. The van der Waals surface area contributed by atoms with Crippen molar-refractivity contribution in [2.75, 3.05) is 0 Å². The van der Waals surface area contributed by atoms with E-state index in [1.807, 2.05) is 0 Å². The normalized spacial score (nSPS) is 9.78. The van der Waals surface area contributed by atoms with E-state index in [2.05, 4.69) is 9.97 Å². The van der Waals surface area contributed by atoms with Gasteiger partial charge in [-0.05, 0) is 59.7 Å². The molecule has 1 radical (unpaired) electrons. The standard InChI is InChI=1S/2C7H7NO4S.2C6H6N2O.Cu.H2O/c2*8-13(11,12)6-3-1-5(2-4-6)7(9)10;2*7-6(9)5-2-1-3-8-4-5;;/h2*1-4H,(H,9,10)(H2,8,11,12);2*1-4H,(H2,7,9);;1H2/q;;;;+2;/p-1. The van der Waals surface area contributed by atoms with Crippen LogP contribution in [-0.2, 0) is 42.6 Å². The maximum atomic E-state index is 10.7. The van der Waals surface area contributed by atoms with Crippen LogP contribution in [0.5, 0.6) is 0 Å². The number of hydrogen-bond acceptors (Lipinski definition) is 12. The van der Waals surface area contributed by atoms with Crippen LogP contribution in [0, 0.1) is 0 Å². The average molecular weight is 727 g/mol. The molecule has 20 heteroatoms. The molecule has 0 unspecified atom stereocenters. The van der Waals surface area contributed by atoms with Crippen LogP contribution in [0.3, 0.4) is 0 Å². The third-order valence-electron chi connectivity index (χ3n) is 4.73. The average Bonchev–Trinajstić information content (AvgIpc) is 2.98. The Kier molecular flexibility index (Phi) is 18.8. The molecule has 0 bridgehead atoms. The van der Waals surface area contributed by atoms with Gasteiger partial charge in [0.15, 0.2) is 0 Å². The molecule has 0 aliphatic rings. The number of sulfonamides is 2. The summed E-state index contributed by atoms with van der Waals surface area (Å²) in [5.41, 5.74) is 10.6. The number of nitrogens with two attached hydrogens (primary N) is 4. The number of rotatable bonds is 6. The first-order valence-corrected chi connectivity index (χ1v) is 14.6. The topological polar surface area (TPSA) is 346 Å². The van der Waals surface area contributed by atoms with Gasteiger partial charge in [-0.3, -0.25) is 19.6 Å². The number of carboxylic acids is 2. The quantitative estimate of drug-likeness (QED) is 0.113. The van der Waals surface area contributed by atoms with Gasteiger partial charge in [0.2, 0.25) is 31.9 Å². The number of aromatic nitrogens is 2. The summed E-state index contributed by atoms with van der Waals surface area (Å²) in [5, 5.41) is 30.1. The largest absolute Gasteiger partial charge is 2.00 e. The molecule has 2 amide bonds. The van der Waals surface area contributed by atoms with Gasteiger partial charge in [-0.2, -0.15) is 0 Å². The third kappa shape index (κ3) is 16.1. The van der Waals surface area contributed by atoms with E-state index < -0.39 is 43.8 Å². The van der Waals surface area contributed by atoms with Gasteiger partial charge in [0.25, 0.3) is 0 Å². The number of carbonyl (C=O) groups is 4. The fourth-order valence-electron chi connectivity index (χ4n) is 2.58. The molecule has 0 spiro atoms. The minimum absolute atomic E-state index is 0. The van der Waals surface area contributed by atoms with Gasteiger partial charge in [-0.25, -0.2) is 27.1 Å². The van der Waals surface area contributed by atoms with Crippen molar-refractivity contribution in [1.29, 1.82) is 0 Å². The Morgan fingerprint density at radius 2 is 0.826 bits per heavy atom. The van der Waals surface area contributed by atoms with Crippen molar-refractivity contribution in [3.8, 4) is 0 Å². The molecule has 4 aromatic rings. The number of carboxylic acid groups (broad SMARTS) is 2. The maximum absolute atomic E-state index is 10.7. The van der Waals surface area contributed by atoms with Crippen LogP contribution in [0.4, 0.5) is 0 Å². The minimum Gasteiger partial charge on any atom is -0.545 e. The molecule has 46 heavy (non-hydrogen) atoms. The van der Waals surface area contributed by atoms with Gasteiger partial charge >= 0.3 is 17.1 Å². The maximum Gasteiger partial charge on any atom is 2.00 e. The molecule has 0 aliphatic heterocycles. The molecule has 0 atom stereocenters. The Labute approximate surface area is 273 Å². The van der Waals surface area contributed by atoms with Gasteiger partial charge in [-0.1, -0.05) is 24.3 Å². The molecular formula is C26H27CuN6O11S2+. The van der Waals surface area contributed by atoms with Crippen LogP contribution >= 0.6 is 0 Å². The van der Waals surface area contributed by atoms with Gasteiger partial charge in [0.05, 0.1) is 32.9 Å². The van der Waals surface area contributed by atoms with Crippen molar-refractivity contribution in [3.05, 3.63) is 120 Å². The monoisotopic (exact) mass is 726 g/mol. The molecular weight excluding hydrogens is 700 g/mol. The zero-order valence-electron chi connectivity index (χ0n) is 23.2. The van der Waals surface area contributed by atoms with E-state index in [-0.39, 0.29) is 43.5 Å². The Hall–Kier alpha value is -5.08. The molecule has 2 aromatic carbocycles. The molecule has 0 aliphatic carbocycles. The molecule has 0 fully saturated rings. The van der Waals surface area contributed by atoms with E-state index in [1.165, 1.54) is 12.4 Å². The number of amides is 2. The summed E-state index contributed by atoms with van der Waals surface area (Å²) in [4.78, 5) is 48.5. The van der Waals surface area contributed by atoms with E-state index >= 15 is 0 Å². The summed E-state index contributed by atoms with van der Waals surface area (Å²) in [6.07, 6.45) is 6.05. The third-order valence-corrected chi connectivity index (χ3v) is 6.59. The van der Waals surface area contributed by atoms with Crippen LogP contribution in [0.15, 0.2) is 107 Å². The van der Waals surface area contributed by atoms with E-state index in [9.17, 15) is 46.2 Å². The van der Waals surface area contributed by atoms with E-state index in [1.54, 1.807) is 36.7 Å². The minimum atomic E-state index is -3.76. The molecule has 17 nitrogen and oxygen atoms in total. The zero-order valence-corrected chi connectivity index (χ0v) is 25.8. The first kappa shape index (κ1) is 43.0. The van der Waals surface area contributed by atoms with Gasteiger partial charge in [0.1, 0.15) is 0 Å². The van der Waals surface area contributed by atoms with Crippen molar-refractivity contribution in [2.45, 2.75) is 9.79 Å². The number of carbonyl (C=O) groups excluding carboxylic acids is 4. The summed E-state index contributed by atoms with van der Waals surface area (Å²) < 4.78 is 42.9. The van der Waals surface area contributed by atoms with E-state index in [0.29, 0.717) is 11.1 Å². The van der Waals surface area contributed by atoms with Crippen LogP contribution in [0.25, 0.3) is 0 Å². The van der Waals surface area contributed by atoms with Crippen LogP contribution in [-0.4, -0.2) is 50.6 Å². The molecule has 0 saturated heterocycles. The Morgan fingerprint density at radius 1 is 0.543 bits per heavy atom. The summed E-state index contributed by atoms with van der Waals surface area (Å²) >= 11 is 0. The number of pyridine rings is 2. The fraction of sp³-hybridized carbons (Fsp3) is 0. The van der Waals surface area contributed by atoms with E-state index in [4.69, 9.17) is 21.7 Å². The summed E-state index contributed by atoms with van der Waals surface area (Å²) in [7, 11) is -7.52. The van der Waals surface area contributed by atoms with Crippen molar-refractivity contribution >= 4 is 43.8 Å². The molecule has 11 N–H and O–H groups in total. The molecule has 0 saturated carbocycles. The second-order valence-electron chi connectivity index (χ2n) is 7.93. The molecule has 2 aromatic heterocycles. The van der Waals surface area contributed by atoms with Crippen LogP contribution in [0.1, 0.15) is 41.4 Å². The molecule has 2 heterocycles. The summed E-state index contributed by atoms with van der Waals surface area (Å²) in [6, 6.07) is 15.5. The summed E-state index contributed by atoms with van der Waals surface area (Å²) in [6.45, 7) is 0. The van der Waals surface area contributed by atoms with Crippen molar-refractivity contribution < 1.29 is 68.8 Å². The molecule has 4 rings (SSSR count). The second-order valence-corrected chi connectivity index (χ2v) is 11.0. The number of benzene rings is 2. The Morgan fingerprint density at radius 3 is 0.978 bits per heavy atom. The second kappa shape index (κ2) is 20.0. The number of nitrogens with zero attached hydrogens (tertiary/aromatic N) is 2. The molecule has 249 valence electrons. The van der Waals surface area contributed by atoms with E-state index in [0.717, 1.165) is 48.5 Å². The zero-order chi connectivity index (χ0) is 33.5. The Bertz CT molecular complexity index is 1660.